The van der Waals surface area contributed by atoms with Crippen LogP contribution in [0.5, 0.6) is 0 Å². The molecule has 0 spiro atoms. The molecule has 0 unspecified atom stereocenters. The van der Waals surface area contributed by atoms with Crippen molar-refractivity contribution in [1.82, 2.24) is 4.98 Å². The number of nitro groups is 1. The summed E-state index contributed by atoms with van der Waals surface area (Å²) in [5.74, 6) is 1.79. The number of rotatable bonds is 6. The van der Waals surface area contributed by atoms with Gasteiger partial charge in [0.15, 0.2) is 0 Å². The second-order valence-electron chi connectivity index (χ2n) is 5.00. The minimum absolute atomic E-state index is 0.0727. The predicted octanol–water partition coefficient (Wildman–Crippen LogP) is 2.66. The van der Waals surface area contributed by atoms with Gasteiger partial charge in [0, 0.05) is 26.2 Å². The van der Waals surface area contributed by atoms with E-state index in [0.717, 1.165) is 13.1 Å². The lowest BCUT2D eigenvalue weighted by Gasteiger charge is -2.30. The van der Waals surface area contributed by atoms with Crippen molar-refractivity contribution in [3.8, 4) is 0 Å². The topological polar surface area (TPSA) is 71.3 Å². The van der Waals surface area contributed by atoms with Gasteiger partial charge in [0.25, 0.3) is 0 Å². The standard InChI is InChI=1S/C13H20N4O2/c1-3-14-12-8-7-11(17(18)19)13(15-12)16(2)9-10-5-4-6-10/h7-8,10H,3-6,9H2,1-2H3,(H,14,15). The number of aromatic nitrogens is 1. The highest BCUT2D eigenvalue weighted by molar-refractivity contribution is 5.61. The van der Waals surface area contributed by atoms with E-state index in [-0.39, 0.29) is 10.6 Å². The first kappa shape index (κ1) is 13.6. The molecule has 0 aliphatic heterocycles. The Bertz CT molecular complexity index is 460. The molecule has 0 bridgehead atoms. The zero-order chi connectivity index (χ0) is 13.8. The summed E-state index contributed by atoms with van der Waals surface area (Å²) in [5.41, 5.74) is 0.0727. The van der Waals surface area contributed by atoms with E-state index in [9.17, 15) is 10.1 Å². The van der Waals surface area contributed by atoms with Crippen LogP contribution >= 0.6 is 0 Å². The number of hydrogen-bond donors (Lipinski definition) is 1. The lowest BCUT2D eigenvalue weighted by Crippen LogP contribution is -2.30. The van der Waals surface area contributed by atoms with E-state index in [0.29, 0.717) is 17.6 Å². The Morgan fingerprint density at radius 2 is 2.26 bits per heavy atom. The average molecular weight is 264 g/mol. The van der Waals surface area contributed by atoms with Gasteiger partial charge >= 0.3 is 5.69 Å². The minimum Gasteiger partial charge on any atom is -0.370 e. The summed E-state index contributed by atoms with van der Waals surface area (Å²) in [7, 11) is 1.88. The van der Waals surface area contributed by atoms with Crippen molar-refractivity contribution in [2.24, 2.45) is 5.92 Å². The van der Waals surface area contributed by atoms with Crippen LogP contribution < -0.4 is 10.2 Å². The largest absolute Gasteiger partial charge is 0.370 e. The van der Waals surface area contributed by atoms with Gasteiger partial charge in [0.05, 0.1) is 4.92 Å². The molecule has 104 valence electrons. The van der Waals surface area contributed by atoms with Gasteiger partial charge in [-0.3, -0.25) is 10.1 Å². The molecule has 0 saturated heterocycles. The summed E-state index contributed by atoms with van der Waals surface area (Å²) in [6.07, 6.45) is 3.70. The Balaban J connectivity index is 2.22. The molecule has 0 aromatic carbocycles. The maximum absolute atomic E-state index is 11.1. The molecule has 1 aromatic rings. The van der Waals surface area contributed by atoms with Crippen molar-refractivity contribution in [3.05, 3.63) is 22.2 Å². The van der Waals surface area contributed by atoms with Crippen LogP contribution in [-0.4, -0.2) is 30.0 Å². The lowest BCUT2D eigenvalue weighted by atomic mass is 9.85. The first-order valence-corrected chi connectivity index (χ1v) is 6.72. The summed E-state index contributed by atoms with van der Waals surface area (Å²) in [5, 5.41) is 14.2. The fraction of sp³-hybridized carbons (Fsp3) is 0.615. The number of nitrogens with one attached hydrogen (secondary N) is 1. The average Bonchev–Trinajstić information content (AvgIpc) is 2.33. The van der Waals surface area contributed by atoms with Crippen LogP contribution in [0.1, 0.15) is 26.2 Å². The highest BCUT2D eigenvalue weighted by atomic mass is 16.6. The Morgan fingerprint density at radius 1 is 1.53 bits per heavy atom. The SMILES string of the molecule is CCNc1ccc([N+](=O)[O-])c(N(C)CC2CCC2)n1. The summed E-state index contributed by atoms with van der Waals surface area (Å²) < 4.78 is 0. The van der Waals surface area contributed by atoms with E-state index in [1.54, 1.807) is 6.07 Å². The molecule has 1 heterocycles. The molecule has 1 N–H and O–H groups in total. The molecule has 1 aliphatic carbocycles. The van der Waals surface area contributed by atoms with Crippen LogP contribution in [0.25, 0.3) is 0 Å². The molecular weight excluding hydrogens is 244 g/mol. The minimum atomic E-state index is -0.366. The molecule has 1 aliphatic rings. The molecule has 0 amide bonds. The smallest absolute Gasteiger partial charge is 0.311 e. The van der Waals surface area contributed by atoms with E-state index in [1.807, 2.05) is 18.9 Å². The Labute approximate surface area is 113 Å². The van der Waals surface area contributed by atoms with Crippen molar-refractivity contribution in [1.29, 1.82) is 0 Å². The first-order chi connectivity index (χ1) is 9.11. The van der Waals surface area contributed by atoms with Crippen LogP contribution in [0.15, 0.2) is 12.1 Å². The quantitative estimate of drug-likeness (QED) is 0.631. The van der Waals surface area contributed by atoms with Crippen molar-refractivity contribution in [2.75, 3.05) is 30.4 Å². The van der Waals surface area contributed by atoms with Crippen LogP contribution in [0.2, 0.25) is 0 Å². The predicted molar refractivity (Wildman–Crippen MR) is 75.7 cm³/mol. The van der Waals surface area contributed by atoms with Crippen LogP contribution in [0, 0.1) is 16.0 Å². The van der Waals surface area contributed by atoms with Crippen molar-refractivity contribution in [2.45, 2.75) is 26.2 Å². The normalized spacial score (nSPS) is 14.8. The molecule has 0 atom stereocenters. The van der Waals surface area contributed by atoms with E-state index < -0.39 is 0 Å². The molecule has 1 saturated carbocycles. The molecule has 2 rings (SSSR count). The van der Waals surface area contributed by atoms with Gasteiger partial charge in [0.1, 0.15) is 5.82 Å². The molecule has 6 nitrogen and oxygen atoms in total. The molecule has 6 heteroatoms. The highest BCUT2D eigenvalue weighted by Gasteiger charge is 2.24. The van der Waals surface area contributed by atoms with Crippen molar-refractivity contribution < 1.29 is 4.92 Å². The molecule has 1 aromatic heterocycles. The summed E-state index contributed by atoms with van der Waals surface area (Å²) in [4.78, 5) is 17.0. The van der Waals surface area contributed by atoms with E-state index in [1.165, 1.54) is 25.3 Å². The third-order valence-electron chi connectivity index (χ3n) is 3.53. The fourth-order valence-electron chi connectivity index (χ4n) is 2.29. The monoisotopic (exact) mass is 264 g/mol. The Morgan fingerprint density at radius 3 is 2.79 bits per heavy atom. The van der Waals surface area contributed by atoms with E-state index in [4.69, 9.17) is 0 Å². The molecular formula is C13H20N4O2. The summed E-state index contributed by atoms with van der Waals surface area (Å²) in [6.45, 7) is 3.56. The van der Waals surface area contributed by atoms with Gasteiger partial charge in [-0.05, 0) is 31.7 Å². The van der Waals surface area contributed by atoms with E-state index in [2.05, 4.69) is 10.3 Å². The number of nitrogens with zero attached hydrogens (tertiary/aromatic N) is 3. The van der Waals surface area contributed by atoms with Crippen LogP contribution in [0.4, 0.5) is 17.3 Å². The maximum Gasteiger partial charge on any atom is 0.311 e. The van der Waals surface area contributed by atoms with Gasteiger partial charge in [-0.25, -0.2) is 4.98 Å². The molecule has 19 heavy (non-hydrogen) atoms. The third-order valence-corrected chi connectivity index (χ3v) is 3.53. The Hall–Kier alpha value is -1.85. The summed E-state index contributed by atoms with van der Waals surface area (Å²) >= 11 is 0. The highest BCUT2D eigenvalue weighted by Crippen LogP contribution is 2.31. The van der Waals surface area contributed by atoms with Crippen molar-refractivity contribution >= 4 is 17.3 Å². The number of pyridine rings is 1. The van der Waals surface area contributed by atoms with Gasteiger partial charge in [-0.15, -0.1) is 0 Å². The summed E-state index contributed by atoms with van der Waals surface area (Å²) in [6, 6.07) is 3.18. The molecule has 0 radical (unpaired) electrons. The van der Waals surface area contributed by atoms with Gasteiger partial charge in [-0.1, -0.05) is 6.42 Å². The zero-order valence-corrected chi connectivity index (χ0v) is 11.4. The van der Waals surface area contributed by atoms with Crippen LogP contribution in [0.3, 0.4) is 0 Å². The number of anilines is 2. The van der Waals surface area contributed by atoms with E-state index >= 15 is 0 Å². The second kappa shape index (κ2) is 5.86. The van der Waals surface area contributed by atoms with Gasteiger partial charge in [0.2, 0.25) is 5.82 Å². The van der Waals surface area contributed by atoms with Crippen LogP contribution in [-0.2, 0) is 0 Å². The fourth-order valence-corrected chi connectivity index (χ4v) is 2.29. The van der Waals surface area contributed by atoms with Gasteiger partial charge in [-0.2, -0.15) is 0 Å². The molecule has 1 fully saturated rings. The lowest BCUT2D eigenvalue weighted by molar-refractivity contribution is -0.384. The zero-order valence-electron chi connectivity index (χ0n) is 11.4. The second-order valence-corrected chi connectivity index (χ2v) is 5.00. The number of hydrogen-bond acceptors (Lipinski definition) is 5. The first-order valence-electron chi connectivity index (χ1n) is 6.72. The third kappa shape index (κ3) is 3.13. The van der Waals surface area contributed by atoms with Crippen molar-refractivity contribution in [3.63, 3.8) is 0 Å². The Kier molecular flexibility index (Phi) is 4.19. The van der Waals surface area contributed by atoms with Gasteiger partial charge < -0.3 is 10.2 Å². The maximum atomic E-state index is 11.1.